The van der Waals surface area contributed by atoms with Crippen LogP contribution in [0.1, 0.15) is 68.1 Å². The number of nitrogens with one attached hydrogen (secondary N) is 3. The second-order valence-electron chi connectivity index (χ2n) is 12.4. The first kappa shape index (κ1) is 32.4. The van der Waals surface area contributed by atoms with E-state index in [1.54, 1.807) is 6.07 Å². The van der Waals surface area contributed by atoms with E-state index in [4.69, 9.17) is 0 Å². The van der Waals surface area contributed by atoms with Crippen LogP contribution in [-0.4, -0.2) is 22.9 Å². The van der Waals surface area contributed by atoms with Crippen LogP contribution in [0.5, 0.6) is 0 Å². The molecule has 0 saturated heterocycles. The number of benzene rings is 4. The fourth-order valence-electron chi connectivity index (χ4n) is 6.37. The largest absolute Gasteiger partial charge is 0.384 e. The summed E-state index contributed by atoms with van der Waals surface area (Å²) in [5, 5.41) is 13.5. The second kappa shape index (κ2) is 15.4. The molecule has 0 spiro atoms. The van der Waals surface area contributed by atoms with E-state index in [1.807, 2.05) is 12.1 Å². The van der Waals surface area contributed by atoms with Gasteiger partial charge < -0.3 is 5.32 Å². The summed E-state index contributed by atoms with van der Waals surface area (Å²) in [5.74, 6) is 0. The van der Waals surface area contributed by atoms with Crippen molar-refractivity contribution in [3.8, 4) is 0 Å². The molecule has 0 aliphatic heterocycles. The highest BCUT2D eigenvalue weighted by atomic mass is 31.2. The van der Waals surface area contributed by atoms with Gasteiger partial charge in [-0.05, 0) is 88.6 Å². The average molecular weight is 621 g/mol. The number of fused-ring (bicyclic) bond motifs is 1. The van der Waals surface area contributed by atoms with Crippen LogP contribution < -0.4 is 32.3 Å². The molecular weight excluding hydrogens is 573 g/mol. The number of hydrogen-bond acceptors (Lipinski definition) is 3. The first-order valence-electron chi connectivity index (χ1n) is 16.5. The third kappa shape index (κ3) is 7.83. The average Bonchev–Trinajstić information content (AvgIpc) is 3.05. The van der Waals surface area contributed by atoms with Crippen molar-refractivity contribution in [2.24, 2.45) is 0 Å². The van der Waals surface area contributed by atoms with Gasteiger partial charge in [-0.15, -0.1) is 0 Å². The minimum absolute atomic E-state index is 0.274. The number of aryl methyl sites for hydroxylation is 3. The first-order chi connectivity index (χ1) is 21.9. The maximum Gasteiger partial charge on any atom is 0.272 e. The molecule has 6 heteroatoms. The van der Waals surface area contributed by atoms with Gasteiger partial charge in [-0.3, -0.25) is 19.8 Å². The number of aromatic nitrogens is 2. The van der Waals surface area contributed by atoms with Crippen molar-refractivity contribution in [2.75, 3.05) is 18.0 Å². The van der Waals surface area contributed by atoms with Crippen LogP contribution >= 0.6 is 7.26 Å². The van der Waals surface area contributed by atoms with Crippen LogP contribution in [0.3, 0.4) is 0 Å². The lowest BCUT2D eigenvalue weighted by Gasteiger charge is -2.28. The zero-order valence-electron chi connectivity index (χ0n) is 27.0. The van der Waals surface area contributed by atoms with E-state index in [0.29, 0.717) is 10.8 Å². The molecule has 4 aromatic carbocycles. The maximum absolute atomic E-state index is 12.3. The van der Waals surface area contributed by atoms with Gasteiger partial charge in [0.15, 0.2) is 0 Å². The first-order valence-corrected chi connectivity index (χ1v) is 18.4. The van der Waals surface area contributed by atoms with Gasteiger partial charge in [0.2, 0.25) is 0 Å². The third-order valence-electron chi connectivity index (χ3n) is 8.99. The predicted octanol–water partition coefficient (Wildman–Crippen LogP) is 7.67. The fraction of sp³-hybridized carbons (Fsp3) is 0.333. The molecule has 0 radical (unpaired) electrons. The number of aromatic amines is 2. The van der Waals surface area contributed by atoms with E-state index in [2.05, 4.69) is 109 Å². The van der Waals surface area contributed by atoms with Crippen molar-refractivity contribution in [3.63, 3.8) is 0 Å². The quantitative estimate of drug-likeness (QED) is 0.0831. The summed E-state index contributed by atoms with van der Waals surface area (Å²) in [6, 6.07) is 33.4. The highest BCUT2D eigenvalue weighted by Gasteiger charge is 2.44. The SMILES string of the molecule is Cc1ccc([P+](CCCCCCCCCCNc2cccc3c(=O)[nH][nH]c(=O)c23)(c2ccc(C)cc2)c2ccc(C)cc2)cc1. The zero-order chi connectivity index (χ0) is 31.6. The Hall–Kier alpha value is -3.95. The van der Waals surface area contributed by atoms with Crippen molar-refractivity contribution >= 4 is 39.6 Å². The topological polar surface area (TPSA) is 77.8 Å². The molecular formula is C39H47N3O2P+. The van der Waals surface area contributed by atoms with Crippen molar-refractivity contribution < 1.29 is 0 Å². The molecule has 0 fully saturated rings. The lowest BCUT2D eigenvalue weighted by molar-refractivity contribution is 0.582. The van der Waals surface area contributed by atoms with Gasteiger partial charge in [-0.1, -0.05) is 91.3 Å². The monoisotopic (exact) mass is 620 g/mol. The molecule has 5 aromatic rings. The van der Waals surface area contributed by atoms with E-state index in [1.165, 1.54) is 77.3 Å². The molecule has 0 aliphatic rings. The van der Waals surface area contributed by atoms with E-state index < -0.39 is 7.26 Å². The van der Waals surface area contributed by atoms with Crippen LogP contribution in [-0.2, 0) is 0 Å². The highest BCUT2D eigenvalue weighted by Crippen LogP contribution is 2.56. The number of rotatable bonds is 15. The van der Waals surface area contributed by atoms with Gasteiger partial charge in [-0.2, -0.15) is 0 Å². The number of anilines is 1. The fourth-order valence-corrected chi connectivity index (χ4v) is 10.7. The van der Waals surface area contributed by atoms with Crippen LogP contribution in [0.2, 0.25) is 0 Å². The molecule has 0 aliphatic carbocycles. The molecule has 5 rings (SSSR count). The van der Waals surface area contributed by atoms with Crippen molar-refractivity contribution in [2.45, 2.75) is 72.1 Å². The number of unbranched alkanes of at least 4 members (excludes halogenated alkanes) is 7. The van der Waals surface area contributed by atoms with Gasteiger partial charge in [0, 0.05) is 12.2 Å². The molecule has 1 aromatic heterocycles. The Balaban J connectivity index is 1.13. The van der Waals surface area contributed by atoms with E-state index >= 15 is 0 Å². The minimum atomic E-state index is -1.78. The summed E-state index contributed by atoms with van der Waals surface area (Å²) in [4.78, 5) is 24.3. The van der Waals surface area contributed by atoms with Crippen LogP contribution in [0.4, 0.5) is 5.69 Å². The van der Waals surface area contributed by atoms with E-state index in [-0.39, 0.29) is 11.1 Å². The van der Waals surface area contributed by atoms with Crippen LogP contribution in [0.15, 0.2) is 101 Å². The summed E-state index contributed by atoms with van der Waals surface area (Å²) >= 11 is 0. The second-order valence-corrected chi connectivity index (χ2v) is 16.0. The van der Waals surface area contributed by atoms with Crippen LogP contribution in [0.25, 0.3) is 10.8 Å². The molecule has 0 amide bonds. The Morgan fingerprint density at radius 1 is 0.533 bits per heavy atom. The molecule has 0 atom stereocenters. The van der Waals surface area contributed by atoms with Gasteiger partial charge in [-0.25, -0.2) is 0 Å². The number of hydrogen-bond donors (Lipinski definition) is 3. The standard InChI is InChI=1S/C39H46N3O2P/c1-29-15-21-32(22-16-29)45(33-23-17-30(2)18-24-33,34-25-19-31(3)20-26-34)28-11-9-7-5-4-6-8-10-27-40-36-14-12-13-35-37(36)39(44)42-41-38(35)43/h12-26H,4-11,27-28H2,1-3H3,(H2-,40,41,42,43,44)/p+1. The summed E-state index contributed by atoms with van der Waals surface area (Å²) in [7, 11) is -1.78. The van der Waals surface area contributed by atoms with Gasteiger partial charge >= 0.3 is 0 Å². The molecule has 0 unspecified atom stereocenters. The molecule has 0 saturated carbocycles. The third-order valence-corrected chi connectivity index (χ3v) is 13.5. The molecule has 5 nitrogen and oxygen atoms in total. The smallest absolute Gasteiger partial charge is 0.272 e. The highest BCUT2D eigenvalue weighted by molar-refractivity contribution is 7.95. The van der Waals surface area contributed by atoms with Crippen LogP contribution in [0, 0.1) is 20.8 Å². The summed E-state index contributed by atoms with van der Waals surface area (Å²) in [6.45, 7) is 7.31. The normalized spacial score (nSPS) is 11.6. The molecule has 1 heterocycles. The molecule has 234 valence electrons. The van der Waals surface area contributed by atoms with Gasteiger partial charge in [0.05, 0.1) is 16.9 Å². The predicted molar refractivity (Wildman–Crippen MR) is 195 cm³/mol. The lowest BCUT2D eigenvalue weighted by Crippen LogP contribution is -2.33. The Labute approximate surface area is 267 Å². The van der Waals surface area contributed by atoms with E-state index in [0.717, 1.165) is 25.1 Å². The Morgan fingerprint density at radius 3 is 1.49 bits per heavy atom. The Bertz CT molecular complexity index is 1680. The summed E-state index contributed by atoms with van der Waals surface area (Å²) in [6.07, 6.45) is 10.8. The lowest BCUT2D eigenvalue weighted by atomic mass is 10.1. The Morgan fingerprint density at radius 2 is 0.978 bits per heavy atom. The summed E-state index contributed by atoms with van der Waals surface area (Å²) < 4.78 is 0. The van der Waals surface area contributed by atoms with Gasteiger partial charge in [0.1, 0.15) is 23.2 Å². The van der Waals surface area contributed by atoms with E-state index in [9.17, 15) is 9.59 Å². The van der Waals surface area contributed by atoms with Crippen molar-refractivity contribution in [3.05, 3.63) is 128 Å². The Kier molecular flexibility index (Phi) is 11.1. The molecule has 3 N–H and O–H groups in total. The van der Waals surface area contributed by atoms with Gasteiger partial charge in [0.25, 0.3) is 11.1 Å². The van der Waals surface area contributed by atoms with Crippen molar-refractivity contribution in [1.29, 1.82) is 0 Å². The number of H-pyrrole nitrogens is 2. The zero-order valence-corrected chi connectivity index (χ0v) is 27.9. The minimum Gasteiger partial charge on any atom is -0.384 e. The van der Waals surface area contributed by atoms with Crippen molar-refractivity contribution in [1.82, 2.24) is 10.2 Å². The molecule has 45 heavy (non-hydrogen) atoms. The maximum atomic E-state index is 12.3. The summed E-state index contributed by atoms with van der Waals surface area (Å²) in [5.41, 5.74) is 4.09. The molecule has 0 bridgehead atoms.